The number of carbonyl (C=O) groups is 1. The van der Waals surface area contributed by atoms with Gasteiger partial charge in [-0.1, -0.05) is 30.3 Å². The molecular weight excluding hydrogens is 394 g/mol. The van der Waals surface area contributed by atoms with Crippen LogP contribution >= 0.6 is 0 Å². The van der Waals surface area contributed by atoms with Crippen molar-refractivity contribution in [2.24, 2.45) is 0 Å². The topological polar surface area (TPSA) is 57.2 Å². The van der Waals surface area contributed by atoms with Gasteiger partial charge in [0.05, 0.1) is 40.4 Å². The number of carbonyl (C=O) groups excluding carboxylic acids is 1. The summed E-state index contributed by atoms with van der Waals surface area (Å²) in [5.41, 5.74) is 2.67. The molecule has 31 heavy (non-hydrogen) atoms. The van der Waals surface area contributed by atoms with Crippen LogP contribution in [0.15, 0.2) is 66.7 Å². The molecule has 0 aliphatic carbocycles. The first kappa shape index (κ1) is 20.6. The van der Waals surface area contributed by atoms with Crippen LogP contribution in [0, 0.1) is 0 Å². The molecular formula is C25H25NO5. The van der Waals surface area contributed by atoms with E-state index in [0.29, 0.717) is 17.2 Å². The molecule has 1 saturated heterocycles. The molecule has 0 aromatic heterocycles. The van der Waals surface area contributed by atoms with Gasteiger partial charge in [-0.25, -0.2) is 0 Å². The summed E-state index contributed by atoms with van der Waals surface area (Å²) in [5.74, 6) is 2.07. The van der Waals surface area contributed by atoms with Gasteiger partial charge in [-0.05, 0) is 47.5 Å². The van der Waals surface area contributed by atoms with Crippen molar-refractivity contribution >= 4 is 11.6 Å². The lowest BCUT2D eigenvalue weighted by atomic mass is 9.77. The molecule has 3 aromatic carbocycles. The first-order chi connectivity index (χ1) is 15.1. The van der Waals surface area contributed by atoms with Crippen LogP contribution in [0.4, 0.5) is 5.69 Å². The summed E-state index contributed by atoms with van der Waals surface area (Å²) in [5, 5.41) is 0. The Morgan fingerprint density at radius 1 is 0.710 bits per heavy atom. The monoisotopic (exact) mass is 419 g/mol. The second-order valence-corrected chi connectivity index (χ2v) is 7.20. The maximum Gasteiger partial charge on any atom is 0.237 e. The molecule has 2 atom stereocenters. The second kappa shape index (κ2) is 8.60. The number of ether oxygens (including phenoxy) is 4. The average molecular weight is 419 g/mol. The molecule has 1 heterocycles. The highest BCUT2D eigenvalue weighted by Gasteiger charge is 2.50. The van der Waals surface area contributed by atoms with Crippen molar-refractivity contribution < 1.29 is 23.7 Å². The van der Waals surface area contributed by atoms with E-state index in [1.54, 1.807) is 28.4 Å². The summed E-state index contributed by atoms with van der Waals surface area (Å²) in [6.45, 7) is 0. The molecule has 1 aliphatic heterocycles. The summed E-state index contributed by atoms with van der Waals surface area (Å²) < 4.78 is 21.8. The van der Waals surface area contributed by atoms with Crippen LogP contribution < -0.4 is 23.8 Å². The Bertz CT molecular complexity index is 1040. The van der Waals surface area contributed by atoms with Crippen LogP contribution in [-0.2, 0) is 4.79 Å². The van der Waals surface area contributed by atoms with Crippen LogP contribution in [0.3, 0.4) is 0 Å². The lowest BCUT2D eigenvalue weighted by Crippen LogP contribution is -2.53. The Balaban J connectivity index is 1.83. The molecule has 1 fully saturated rings. The summed E-state index contributed by atoms with van der Waals surface area (Å²) in [6, 6.07) is 20.9. The Hall–Kier alpha value is -3.67. The van der Waals surface area contributed by atoms with Crippen LogP contribution in [0.25, 0.3) is 0 Å². The fraction of sp³-hybridized carbons (Fsp3) is 0.240. The van der Waals surface area contributed by atoms with E-state index in [1.165, 1.54) is 0 Å². The first-order valence-electron chi connectivity index (χ1n) is 9.95. The maximum absolute atomic E-state index is 13.3. The maximum atomic E-state index is 13.3. The third kappa shape index (κ3) is 3.54. The minimum absolute atomic E-state index is 0.0371. The van der Waals surface area contributed by atoms with Gasteiger partial charge in [0, 0.05) is 5.69 Å². The molecule has 1 aliphatic rings. The van der Waals surface area contributed by atoms with Gasteiger partial charge in [0.15, 0.2) is 11.5 Å². The normalized spacial score (nSPS) is 17.7. The Labute approximate surface area is 181 Å². The molecule has 0 N–H and O–H groups in total. The number of β-lactam (4-membered cyclic amide) rings is 1. The first-order valence-corrected chi connectivity index (χ1v) is 9.95. The lowest BCUT2D eigenvalue weighted by Gasteiger charge is -2.48. The van der Waals surface area contributed by atoms with Gasteiger partial charge in [0.25, 0.3) is 0 Å². The zero-order chi connectivity index (χ0) is 22.0. The van der Waals surface area contributed by atoms with Crippen molar-refractivity contribution in [3.05, 3.63) is 77.9 Å². The number of hydrogen-bond donors (Lipinski definition) is 0. The van der Waals surface area contributed by atoms with E-state index in [4.69, 9.17) is 18.9 Å². The summed E-state index contributed by atoms with van der Waals surface area (Å²) >= 11 is 0. The van der Waals surface area contributed by atoms with Gasteiger partial charge in [-0.2, -0.15) is 0 Å². The molecule has 0 radical (unpaired) electrons. The predicted octanol–water partition coefficient (Wildman–Crippen LogP) is 4.59. The molecule has 160 valence electrons. The standard InChI is InChI=1S/C25H25NO5/c1-28-19-12-10-16(11-13-19)22-23(26(25(22)27)18-8-6-5-7-9-18)17-14-20(29-2)24(31-4)21(15-17)30-3/h5-15,22-23H,1-4H3/t22-,23-/m1/s1. The third-order valence-corrected chi connectivity index (χ3v) is 5.64. The molecule has 3 aromatic rings. The molecule has 6 nitrogen and oxygen atoms in total. The summed E-state index contributed by atoms with van der Waals surface area (Å²) in [4.78, 5) is 15.2. The van der Waals surface area contributed by atoms with Gasteiger partial charge in [0.1, 0.15) is 5.75 Å². The Morgan fingerprint density at radius 3 is 1.84 bits per heavy atom. The molecule has 0 spiro atoms. The quantitative estimate of drug-likeness (QED) is 0.524. The molecule has 6 heteroatoms. The van der Waals surface area contributed by atoms with Gasteiger partial charge in [-0.15, -0.1) is 0 Å². The number of hydrogen-bond acceptors (Lipinski definition) is 5. The van der Waals surface area contributed by atoms with Crippen LogP contribution in [0.2, 0.25) is 0 Å². The SMILES string of the molecule is COc1ccc([C@H]2C(=O)N(c3ccccc3)[C@@H]2c2cc(OC)c(OC)c(OC)c2)cc1. The Kier molecular flexibility index (Phi) is 5.71. The van der Waals surface area contributed by atoms with E-state index >= 15 is 0 Å². The number of amides is 1. The van der Waals surface area contributed by atoms with Crippen LogP contribution in [0.5, 0.6) is 23.0 Å². The number of nitrogens with zero attached hydrogens (tertiary/aromatic N) is 1. The molecule has 4 rings (SSSR count). The van der Waals surface area contributed by atoms with Crippen molar-refractivity contribution in [2.75, 3.05) is 33.3 Å². The third-order valence-electron chi connectivity index (χ3n) is 5.64. The van der Waals surface area contributed by atoms with Crippen LogP contribution in [-0.4, -0.2) is 34.3 Å². The summed E-state index contributed by atoms with van der Waals surface area (Å²) in [7, 11) is 6.37. The number of rotatable bonds is 7. The lowest BCUT2D eigenvalue weighted by molar-refractivity contribution is -0.126. The number of methoxy groups -OCH3 is 4. The number of benzene rings is 3. The molecule has 0 bridgehead atoms. The average Bonchev–Trinajstić information content (AvgIpc) is 2.82. The smallest absolute Gasteiger partial charge is 0.237 e. The predicted molar refractivity (Wildman–Crippen MR) is 119 cm³/mol. The molecule has 0 unspecified atom stereocenters. The van der Waals surface area contributed by atoms with E-state index in [9.17, 15) is 4.79 Å². The van der Waals surface area contributed by atoms with Crippen molar-refractivity contribution in [3.8, 4) is 23.0 Å². The summed E-state index contributed by atoms with van der Waals surface area (Å²) in [6.07, 6.45) is 0. The molecule has 0 saturated carbocycles. The molecule has 1 amide bonds. The fourth-order valence-electron chi connectivity index (χ4n) is 4.12. The highest BCUT2D eigenvalue weighted by atomic mass is 16.5. The van der Waals surface area contributed by atoms with E-state index in [1.807, 2.05) is 71.6 Å². The Morgan fingerprint density at radius 2 is 1.32 bits per heavy atom. The zero-order valence-corrected chi connectivity index (χ0v) is 18.0. The van der Waals surface area contributed by atoms with E-state index in [0.717, 1.165) is 22.6 Å². The van der Waals surface area contributed by atoms with Gasteiger partial charge < -0.3 is 23.8 Å². The number of para-hydroxylation sites is 1. The highest BCUT2D eigenvalue weighted by Crippen LogP contribution is 2.51. The van der Waals surface area contributed by atoms with Crippen molar-refractivity contribution in [2.45, 2.75) is 12.0 Å². The van der Waals surface area contributed by atoms with E-state index in [2.05, 4.69) is 0 Å². The van der Waals surface area contributed by atoms with E-state index < -0.39 is 0 Å². The second-order valence-electron chi connectivity index (χ2n) is 7.20. The van der Waals surface area contributed by atoms with Crippen molar-refractivity contribution in [1.29, 1.82) is 0 Å². The van der Waals surface area contributed by atoms with Crippen molar-refractivity contribution in [1.82, 2.24) is 0 Å². The fourth-order valence-corrected chi connectivity index (χ4v) is 4.12. The van der Waals surface area contributed by atoms with Crippen molar-refractivity contribution in [3.63, 3.8) is 0 Å². The van der Waals surface area contributed by atoms with Crippen LogP contribution in [0.1, 0.15) is 23.1 Å². The number of anilines is 1. The minimum atomic E-state index is -0.339. The van der Waals surface area contributed by atoms with Gasteiger partial charge >= 0.3 is 0 Å². The minimum Gasteiger partial charge on any atom is -0.497 e. The van der Waals surface area contributed by atoms with E-state index in [-0.39, 0.29) is 17.9 Å². The zero-order valence-electron chi connectivity index (χ0n) is 18.0. The highest BCUT2D eigenvalue weighted by molar-refractivity contribution is 6.06. The largest absolute Gasteiger partial charge is 0.497 e. The van der Waals surface area contributed by atoms with Gasteiger partial charge in [0.2, 0.25) is 11.7 Å². The van der Waals surface area contributed by atoms with Gasteiger partial charge in [-0.3, -0.25) is 4.79 Å².